The summed E-state index contributed by atoms with van der Waals surface area (Å²) in [4.78, 5) is 73.0. The smallest absolute Gasteiger partial charge is 0.407 e. The van der Waals surface area contributed by atoms with Gasteiger partial charge in [-0.05, 0) is 77.3 Å². The highest BCUT2D eigenvalue weighted by atomic mass is 28.3. The number of methoxy groups -OCH3 is 1. The molecular weight excluding hydrogens is 777 g/mol. The number of carbonyl (C=O) groups excluding carboxylic acids is 4. The standard InChI is InChI=1S/C45H56N8O6Si/c1-24(2)37(49-36(55)21-54)43(56)52-23-60(6,7)22-35(52)41-47-33-17-14-29-18-28(13-16-32(29)39(33)50-41)26-8-10-27(11-9-26)34-20-46-42(48-34)40-30-12-15-31(19-30)53(40)44(57)38(25(3)4)51-45(58)59-5/h8-11,13-14,16-18,20,24-25,30-31,35,37-38,40,54H,12,15,19,21-23H2,1-7H3,(H,46,48)(H,47,50)(H,49,55)(H,51,58)/t30-,31+,35-,37-,38-,40-/m0/s1. The van der Waals surface area contributed by atoms with Crippen LogP contribution in [-0.4, -0.2) is 105 Å². The monoisotopic (exact) mass is 832 g/mol. The molecule has 1 saturated carbocycles. The summed E-state index contributed by atoms with van der Waals surface area (Å²) in [5, 5.41) is 17.0. The van der Waals surface area contributed by atoms with Gasteiger partial charge in [0.2, 0.25) is 17.7 Å². The third-order valence-electron chi connectivity index (χ3n) is 12.8. The normalized spacial score (nSPS) is 21.9. The van der Waals surface area contributed by atoms with Crippen LogP contribution in [0.4, 0.5) is 4.79 Å². The number of H-pyrrole nitrogens is 2. The van der Waals surface area contributed by atoms with E-state index in [1.807, 2.05) is 49.8 Å². The van der Waals surface area contributed by atoms with E-state index in [9.17, 15) is 24.3 Å². The molecular formula is C45H56N8O6Si. The molecule has 2 bridgehead atoms. The Balaban J connectivity index is 1.01. The van der Waals surface area contributed by atoms with Gasteiger partial charge in [-0.2, -0.15) is 0 Å². The van der Waals surface area contributed by atoms with Crippen LogP contribution in [0.1, 0.15) is 70.7 Å². The number of aromatic nitrogens is 4. The quantitative estimate of drug-likeness (QED) is 0.0938. The largest absolute Gasteiger partial charge is 0.453 e. The number of ether oxygens (including phenoxy) is 1. The van der Waals surface area contributed by atoms with Crippen molar-refractivity contribution in [2.45, 2.75) is 96.3 Å². The van der Waals surface area contributed by atoms with Crippen molar-refractivity contribution in [2.24, 2.45) is 17.8 Å². The SMILES string of the molecule is COC(=O)N[C@H](C(=O)N1[C@@H]2CC[C@@H](C2)[C@H]1c1ncc(-c2ccc(-c3ccc4c(ccc5nc([C@@H]6C[Si](C)(C)CN6C(=O)[C@@H](NC(=O)CO)C(C)C)[nH]c54)c3)cc2)[nH]1)C(C)C. The summed E-state index contributed by atoms with van der Waals surface area (Å²) in [6.45, 7) is 11.5. The van der Waals surface area contributed by atoms with E-state index in [-0.39, 0.29) is 41.8 Å². The van der Waals surface area contributed by atoms with Crippen molar-refractivity contribution < 1.29 is 29.0 Å². The van der Waals surface area contributed by atoms with Crippen LogP contribution in [0.25, 0.3) is 44.2 Å². The van der Waals surface area contributed by atoms with E-state index in [4.69, 9.17) is 14.7 Å². The third-order valence-corrected chi connectivity index (χ3v) is 15.5. The number of hydrogen-bond donors (Lipinski definition) is 5. The van der Waals surface area contributed by atoms with Crippen molar-refractivity contribution in [1.29, 1.82) is 0 Å². The lowest BCUT2D eigenvalue weighted by Crippen LogP contribution is -2.54. The van der Waals surface area contributed by atoms with Crippen LogP contribution < -0.4 is 10.6 Å². The first kappa shape index (κ1) is 41.2. The fourth-order valence-electron chi connectivity index (χ4n) is 9.82. The Hall–Kier alpha value is -5.54. The molecule has 3 fully saturated rings. The zero-order valence-electron chi connectivity index (χ0n) is 35.4. The molecule has 2 aliphatic heterocycles. The van der Waals surface area contributed by atoms with Crippen molar-refractivity contribution in [3.63, 3.8) is 0 Å². The van der Waals surface area contributed by atoms with Gasteiger partial charge in [-0.1, -0.05) is 83.3 Å². The van der Waals surface area contributed by atoms with E-state index >= 15 is 0 Å². The van der Waals surface area contributed by atoms with Gasteiger partial charge in [-0.25, -0.2) is 14.8 Å². The van der Waals surface area contributed by atoms with Crippen molar-refractivity contribution in [2.75, 3.05) is 19.9 Å². The van der Waals surface area contributed by atoms with Crippen LogP contribution in [0.15, 0.2) is 60.8 Å². The lowest BCUT2D eigenvalue weighted by molar-refractivity contribution is -0.139. The van der Waals surface area contributed by atoms with Gasteiger partial charge in [0.1, 0.15) is 30.3 Å². The highest BCUT2D eigenvalue weighted by molar-refractivity contribution is 6.78. The number of aliphatic hydroxyl groups is 1. The van der Waals surface area contributed by atoms with Crippen LogP contribution in [0, 0.1) is 17.8 Å². The van der Waals surface area contributed by atoms with Gasteiger partial charge in [0, 0.05) is 17.6 Å². The predicted octanol–water partition coefficient (Wildman–Crippen LogP) is 6.47. The first-order chi connectivity index (χ1) is 28.7. The minimum Gasteiger partial charge on any atom is -0.453 e. The molecule has 3 aromatic carbocycles. The molecule has 0 unspecified atom stereocenters. The van der Waals surface area contributed by atoms with E-state index < -0.39 is 38.8 Å². The van der Waals surface area contributed by atoms with Gasteiger partial charge in [0.25, 0.3) is 0 Å². The number of hydrogen-bond acceptors (Lipinski definition) is 8. The number of likely N-dealkylation sites (tertiary alicyclic amines) is 1. The molecule has 60 heavy (non-hydrogen) atoms. The molecule has 0 spiro atoms. The lowest BCUT2D eigenvalue weighted by Gasteiger charge is -2.37. The number of carbonyl (C=O) groups is 4. The van der Waals surface area contributed by atoms with E-state index in [0.717, 1.165) is 81.1 Å². The fourth-order valence-corrected chi connectivity index (χ4v) is 12.7. The lowest BCUT2D eigenvalue weighted by atomic mass is 9.95. The molecule has 4 amide bonds. The number of nitrogens with one attached hydrogen (secondary N) is 4. The van der Waals surface area contributed by atoms with Crippen LogP contribution in [0.5, 0.6) is 0 Å². The zero-order chi connectivity index (χ0) is 42.6. The molecule has 2 aromatic heterocycles. The molecule has 15 heteroatoms. The number of amides is 4. The predicted molar refractivity (Wildman–Crippen MR) is 232 cm³/mol. The molecule has 2 saturated heterocycles. The summed E-state index contributed by atoms with van der Waals surface area (Å²) in [5.41, 5.74) is 5.74. The second-order valence-corrected chi connectivity index (χ2v) is 23.4. The number of imidazole rings is 2. The molecule has 1 aliphatic carbocycles. The second kappa shape index (κ2) is 16.1. The molecule has 316 valence electrons. The minimum atomic E-state index is -1.79. The number of alkyl carbamates (subject to hydrolysis) is 1. The number of nitrogens with zero attached hydrogens (tertiary/aromatic N) is 4. The number of aromatic amines is 2. The molecule has 5 N–H and O–H groups in total. The Morgan fingerprint density at radius 1 is 0.883 bits per heavy atom. The Morgan fingerprint density at radius 2 is 1.58 bits per heavy atom. The molecule has 3 aliphatic rings. The average Bonchev–Trinajstić information content (AvgIpc) is 4.09. The number of rotatable bonds is 11. The molecule has 8 rings (SSSR count). The van der Waals surface area contributed by atoms with E-state index in [0.29, 0.717) is 12.1 Å². The number of aliphatic hydroxyl groups excluding tert-OH is 1. The van der Waals surface area contributed by atoms with Crippen molar-refractivity contribution in [3.05, 3.63) is 72.4 Å². The number of piperidine rings is 1. The maximum Gasteiger partial charge on any atom is 0.407 e. The molecule has 5 aromatic rings. The summed E-state index contributed by atoms with van der Waals surface area (Å²) in [5.74, 6) is 0.763. The minimum absolute atomic E-state index is 0.0973. The fraction of sp³-hybridized carbons (Fsp3) is 0.467. The van der Waals surface area contributed by atoms with Gasteiger partial charge in [0.15, 0.2) is 0 Å². The topological polar surface area (TPSA) is 186 Å². The highest BCUT2D eigenvalue weighted by Gasteiger charge is 2.51. The summed E-state index contributed by atoms with van der Waals surface area (Å²) >= 11 is 0. The van der Waals surface area contributed by atoms with E-state index in [2.05, 4.69) is 82.2 Å². The molecule has 6 atom stereocenters. The summed E-state index contributed by atoms with van der Waals surface area (Å²) in [6.07, 6.45) is 4.80. The molecule has 4 heterocycles. The number of fused-ring (bicyclic) bond motifs is 5. The zero-order valence-corrected chi connectivity index (χ0v) is 36.4. The van der Waals surface area contributed by atoms with Crippen molar-refractivity contribution in [1.82, 2.24) is 40.4 Å². The summed E-state index contributed by atoms with van der Waals surface area (Å²) in [7, 11) is -0.489. The third kappa shape index (κ3) is 7.68. The first-order valence-corrected chi connectivity index (χ1v) is 24.5. The summed E-state index contributed by atoms with van der Waals surface area (Å²) in [6, 6.07) is 18.0. The van der Waals surface area contributed by atoms with Gasteiger partial charge in [-0.3, -0.25) is 14.4 Å². The average molecular weight is 833 g/mol. The maximum absolute atomic E-state index is 14.0. The van der Waals surface area contributed by atoms with E-state index in [1.54, 1.807) is 0 Å². The van der Waals surface area contributed by atoms with Gasteiger partial charge >= 0.3 is 6.09 Å². The van der Waals surface area contributed by atoms with Crippen molar-refractivity contribution >= 4 is 53.7 Å². The van der Waals surface area contributed by atoms with Gasteiger partial charge in [-0.15, -0.1) is 0 Å². The Kier molecular flexibility index (Phi) is 11.1. The Bertz CT molecular complexity index is 2440. The maximum atomic E-state index is 14.0. The van der Waals surface area contributed by atoms with Gasteiger partial charge < -0.3 is 40.2 Å². The second-order valence-electron chi connectivity index (χ2n) is 18.3. The number of benzene rings is 3. The van der Waals surface area contributed by atoms with Gasteiger partial charge in [0.05, 0.1) is 50.2 Å². The first-order valence-electron chi connectivity index (χ1n) is 21.1. The Labute approximate surface area is 350 Å². The molecule has 0 radical (unpaired) electrons. The van der Waals surface area contributed by atoms with Crippen LogP contribution >= 0.6 is 0 Å². The summed E-state index contributed by atoms with van der Waals surface area (Å²) < 4.78 is 4.83. The molecule has 14 nitrogen and oxygen atoms in total. The van der Waals surface area contributed by atoms with Crippen LogP contribution in [0.2, 0.25) is 19.1 Å². The Morgan fingerprint density at radius 3 is 2.28 bits per heavy atom. The van der Waals surface area contributed by atoms with Crippen LogP contribution in [-0.2, 0) is 19.1 Å². The highest BCUT2D eigenvalue weighted by Crippen LogP contribution is 2.50. The van der Waals surface area contributed by atoms with E-state index in [1.165, 1.54) is 7.11 Å². The van der Waals surface area contributed by atoms with Crippen LogP contribution in [0.3, 0.4) is 0 Å². The van der Waals surface area contributed by atoms with Crippen molar-refractivity contribution in [3.8, 4) is 22.4 Å².